The second-order valence-corrected chi connectivity index (χ2v) is 11.1. The molecule has 4 atom stereocenters. The Morgan fingerprint density at radius 3 is 2.21 bits per heavy atom. The largest absolute Gasteiger partial charge is 0.392 e. The van der Waals surface area contributed by atoms with E-state index in [-0.39, 0.29) is 12.2 Å². The van der Waals surface area contributed by atoms with Crippen molar-refractivity contribution in [3.05, 3.63) is 71.8 Å². The number of hydrogen-bond acceptors (Lipinski definition) is 4. The quantitative estimate of drug-likeness (QED) is 0.673. The molecule has 33 heavy (non-hydrogen) atoms. The molecule has 4 nitrogen and oxygen atoms in total. The summed E-state index contributed by atoms with van der Waals surface area (Å²) in [4.78, 5) is 15.7. The van der Waals surface area contributed by atoms with Crippen LogP contribution in [0, 0.1) is 16.7 Å². The molecule has 0 radical (unpaired) electrons. The van der Waals surface area contributed by atoms with E-state index in [4.69, 9.17) is 0 Å². The van der Waals surface area contributed by atoms with Gasteiger partial charge in [-0.3, -0.25) is 4.79 Å². The number of fused-ring (bicyclic) bond motifs is 2. The fourth-order valence-electron chi connectivity index (χ4n) is 7.18. The molecule has 0 amide bonds. The molecule has 2 unspecified atom stereocenters. The lowest BCUT2D eigenvalue weighted by molar-refractivity contribution is -0.205. The number of likely N-dealkylation sites (tertiary alicyclic amines) is 1. The van der Waals surface area contributed by atoms with Crippen molar-refractivity contribution in [2.24, 2.45) is 16.7 Å². The highest BCUT2D eigenvalue weighted by atomic mass is 16.3. The molecule has 1 aliphatic heterocycles. The van der Waals surface area contributed by atoms with E-state index in [0.717, 1.165) is 24.2 Å². The highest BCUT2D eigenvalue weighted by molar-refractivity contribution is 5.82. The number of hydrogen-bond donors (Lipinski definition) is 2. The van der Waals surface area contributed by atoms with Gasteiger partial charge in [0.2, 0.25) is 0 Å². The van der Waals surface area contributed by atoms with Crippen molar-refractivity contribution in [1.82, 2.24) is 4.90 Å². The topological polar surface area (TPSA) is 60.8 Å². The molecule has 3 aliphatic rings. The molecular formula is C29H37NO3. The fraction of sp³-hybridized carbons (Fsp3) is 0.552. The van der Waals surface area contributed by atoms with Gasteiger partial charge in [0.1, 0.15) is 5.78 Å². The van der Waals surface area contributed by atoms with Gasteiger partial charge in [-0.1, -0.05) is 73.5 Å². The van der Waals surface area contributed by atoms with Crippen LogP contribution in [0.25, 0.3) is 0 Å². The highest BCUT2D eigenvalue weighted by Crippen LogP contribution is 2.53. The normalized spacial score (nSPS) is 31.6. The number of piperidine rings is 1. The van der Waals surface area contributed by atoms with Crippen LogP contribution >= 0.6 is 0 Å². The lowest BCUT2D eigenvalue weighted by atomic mass is 9.52. The highest BCUT2D eigenvalue weighted by Gasteiger charge is 2.62. The van der Waals surface area contributed by atoms with Crippen molar-refractivity contribution in [1.29, 1.82) is 0 Å². The third kappa shape index (κ3) is 4.53. The summed E-state index contributed by atoms with van der Waals surface area (Å²) in [6, 6.07) is 20.2. The Labute approximate surface area is 197 Å². The van der Waals surface area contributed by atoms with E-state index in [9.17, 15) is 15.0 Å². The van der Waals surface area contributed by atoms with E-state index in [1.165, 1.54) is 25.7 Å². The molecular weight excluding hydrogens is 410 g/mol. The maximum absolute atomic E-state index is 13.2. The Kier molecular flexibility index (Phi) is 6.43. The first-order valence-electron chi connectivity index (χ1n) is 12.7. The lowest BCUT2D eigenvalue weighted by Gasteiger charge is -2.60. The minimum atomic E-state index is -0.823. The van der Waals surface area contributed by atoms with Crippen LogP contribution < -0.4 is 0 Å². The Balaban J connectivity index is 1.49. The number of benzene rings is 2. The van der Waals surface area contributed by atoms with Gasteiger partial charge in [-0.15, -0.1) is 0 Å². The minimum Gasteiger partial charge on any atom is -0.392 e. The molecule has 2 aromatic rings. The molecule has 176 valence electrons. The predicted molar refractivity (Wildman–Crippen MR) is 130 cm³/mol. The first kappa shape index (κ1) is 22.8. The fourth-order valence-corrected chi connectivity index (χ4v) is 7.18. The third-order valence-electron chi connectivity index (χ3n) is 8.58. The van der Waals surface area contributed by atoms with Crippen LogP contribution in [0.5, 0.6) is 0 Å². The Bertz CT molecular complexity index is 942. The number of carbonyl (C=O) groups is 1. The number of carbonyl (C=O) groups excluding carboxylic acids is 1. The van der Waals surface area contributed by atoms with Crippen LogP contribution in [-0.4, -0.2) is 52.7 Å². The van der Waals surface area contributed by atoms with Gasteiger partial charge in [0, 0.05) is 43.3 Å². The van der Waals surface area contributed by atoms with E-state index in [1.807, 2.05) is 48.5 Å². The number of aliphatic hydroxyl groups is 2. The van der Waals surface area contributed by atoms with Gasteiger partial charge in [0.15, 0.2) is 0 Å². The molecule has 2 N–H and O–H groups in total. The third-order valence-corrected chi connectivity index (χ3v) is 8.58. The van der Waals surface area contributed by atoms with E-state index in [0.29, 0.717) is 31.7 Å². The molecule has 0 spiro atoms. The zero-order valence-corrected chi connectivity index (χ0v) is 19.5. The molecule has 2 aromatic carbocycles. The Hall–Kier alpha value is -2.01. The molecule has 0 aromatic heterocycles. The smallest absolute Gasteiger partial charge is 0.134 e. The number of nitrogens with zero attached hydrogens (tertiary/aromatic N) is 1. The molecule has 4 heteroatoms. The second-order valence-electron chi connectivity index (χ2n) is 11.1. The molecule has 3 fully saturated rings. The monoisotopic (exact) mass is 447 g/mol. The maximum Gasteiger partial charge on any atom is 0.134 e. The zero-order valence-electron chi connectivity index (χ0n) is 19.5. The van der Waals surface area contributed by atoms with Crippen molar-refractivity contribution in [3.63, 3.8) is 0 Å². The summed E-state index contributed by atoms with van der Waals surface area (Å²) < 4.78 is 0. The standard InChI is InChI=1S/C29H37NO3/c31-25-17-28(16-23-11-5-2-6-12-23)20-30(19-24-13-7-8-14-24)21-29(18-25,27(28)33)26(32)15-22-9-3-1-4-10-22/h1-6,9-12,24,26-27,32-33H,7-8,13-21H2/t26?,27?,28-,29+/m1/s1. The average Bonchev–Trinajstić information content (AvgIpc) is 3.30. The van der Waals surface area contributed by atoms with E-state index < -0.39 is 23.0 Å². The number of aliphatic hydroxyl groups excluding tert-OH is 2. The van der Waals surface area contributed by atoms with Gasteiger partial charge < -0.3 is 15.1 Å². The average molecular weight is 448 g/mol. The van der Waals surface area contributed by atoms with Gasteiger partial charge >= 0.3 is 0 Å². The van der Waals surface area contributed by atoms with Crippen molar-refractivity contribution in [2.75, 3.05) is 19.6 Å². The van der Waals surface area contributed by atoms with Crippen molar-refractivity contribution >= 4 is 5.78 Å². The van der Waals surface area contributed by atoms with Gasteiger partial charge in [-0.05, 0) is 42.7 Å². The van der Waals surface area contributed by atoms with Crippen molar-refractivity contribution in [3.8, 4) is 0 Å². The van der Waals surface area contributed by atoms with Crippen LogP contribution in [0.2, 0.25) is 0 Å². The SMILES string of the molecule is O=C1C[C@]2(Cc3ccccc3)CN(CC3CCCC3)C[C@](C(O)Cc3ccccc3)(C1)C2O. The summed E-state index contributed by atoms with van der Waals surface area (Å²) >= 11 is 0. The maximum atomic E-state index is 13.2. The summed E-state index contributed by atoms with van der Waals surface area (Å²) in [6.45, 7) is 2.34. The zero-order chi connectivity index (χ0) is 22.9. The van der Waals surface area contributed by atoms with E-state index in [1.54, 1.807) is 0 Å². The molecule has 5 rings (SSSR count). The van der Waals surface area contributed by atoms with E-state index >= 15 is 0 Å². The summed E-state index contributed by atoms with van der Waals surface area (Å²) in [5.41, 5.74) is 0.828. The molecule has 1 saturated heterocycles. The van der Waals surface area contributed by atoms with Crippen LogP contribution in [0.1, 0.15) is 49.7 Å². The Morgan fingerprint density at radius 1 is 0.909 bits per heavy atom. The van der Waals surface area contributed by atoms with Gasteiger partial charge in [-0.2, -0.15) is 0 Å². The van der Waals surface area contributed by atoms with Crippen LogP contribution in [0.3, 0.4) is 0 Å². The second kappa shape index (κ2) is 9.32. The summed E-state index contributed by atoms with van der Waals surface area (Å²) in [6.07, 6.45) is 5.46. The summed E-state index contributed by atoms with van der Waals surface area (Å²) in [7, 11) is 0. The number of Topliss-reactive ketones (excluding diaryl/α,β-unsaturated/α-hetero) is 1. The number of ketones is 1. The minimum absolute atomic E-state index is 0.184. The van der Waals surface area contributed by atoms with Gasteiger partial charge in [0.05, 0.1) is 12.2 Å². The van der Waals surface area contributed by atoms with Crippen molar-refractivity contribution in [2.45, 2.75) is 63.6 Å². The number of rotatable bonds is 7. The predicted octanol–water partition coefficient (Wildman–Crippen LogP) is 4.04. The van der Waals surface area contributed by atoms with Gasteiger partial charge in [0.25, 0.3) is 0 Å². The molecule has 2 aliphatic carbocycles. The Morgan fingerprint density at radius 2 is 1.55 bits per heavy atom. The van der Waals surface area contributed by atoms with Crippen LogP contribution in [0.4, 0.5) is 0 Å². The summed E-state index contributed by atoms with van der Waals surface area (Å²) in [5.74, 6) is 0.873. The summed E-state index contributed by atoms with van der Waals surface area (Å²) in [5, 5.41) is 23.6. The van der Waals surface area contributed by atoms with Gasteiger partial charge in [-0.25, -0.2) is 0 Å². The van der Waals surface area contributed by atoms with Crippen molar-refractivity contribution < 1.29 is 15.0 Å². The van der Waals surface area contributed by atoms with Crippen LogP contribution in [0.15, 0.2) is 60.7 Å². The molecule has 2 saturated carbocycles. The van der Waals surface area contributed by atoms with Crippen LogP contribution in [-0.2, 0) is 17.6 Å². The first-order valence-corrected chi connectivity index (χ1v) is 12.7. The van der Waals surface area contributed by atoms with E-state index in [2.05, 4.69) is 17.0 Å². The molecule has 1 heterocycles. The molecule has 2 bridgehead atoms. The first-order chi connectivity index (χ1) is 16.0. The lowest BCUT2D eigenvalue weighted by Crippen LogP contribution is -2.70.